The van der Waals surface area contributed by atoms with Crippen LogP contribution in [-0.4, -0.2) is 67.3 Å². The number of fused-ring (bicyclic) bond motifs is 1. The Hall–Kier alpha value is -4.22. The van der Waals surface area contributed by atoms with E-state index >= 15 is 0 Å². The van der Waals surface area contributed by atoms with Gasteiger partial charge in [-0.2, -0.15) is 0 Å². The number of pyridine rings is 1. The topological polar surface area (TPSA) is 169 Å². The molecular weight excluding hydrogens is 506 g/mol. The average Bonchev–Trinajstić information content (AvgIpc) is 2.96. The Morgan fingerprint density at radius 3 is 2.27 bits per heavy atom. The number of nitrogens with two attached hydrogens (primary N) is 3. The number of benzene rings is 2. The molecule has 2 amide bonds. The SMILES string of the molecule is C=Cc1cc(NC(=O)C(NC(=O)C(N)CC=O)c2ccc3ccccc3c2)cnc1C=C.CN(CCN)CCN. The predicted molar refractivity (Wildman–Crippen MR) is 162 cm³/mol. The molecule has 1 heterocycles. The second kappa shape index (κ2) is 16.7. The lowest BCUT2D eigenvalue weighted by Gasteiger charge is -2.21. The van der Waals surface area contributed by atoms with Crippen LogP contribution in [0.25, 0.3) is 22.9 Å². The molecule has 40 heavy (non-hydrogen) atoms. The Kier molecular flexibility index (Phi) is 13.3. The molecule has 0 aliphatic rings. The van der Waals surface area contributed by atoms with Gasteiger partial charge in [-0.1, -0.05) is 55.6 Å². The van der Waals surface area contributed by atoms with Crippen molar-refractivity contribution in [2.45, 2.75) is 18.5 Å². The summed E-state index contributed by atoms with van der Waals surface area (Å²) in [6.07, 6.45) is 5.13. The molecule has 2 aromatic carbocycles. The minimum absolute atomic E-state index is 0.145. The number of aromatic nitrogens is 1. The normalized spacial score (nSPS) is 12.0. The molecule has 0 spiro atoms. The molecule has 1 aromatic heterocycles. The molecule has 0 aliphatic carbocycles. The van der Waals surface area contributed by atoms with Crippen LogP contribution in [0.4, 0.5) is 5.69 Å². The Morgan fingerprint density at radius 2 is 1.68 bits per heavy atom. The number of hydrogen-bond donors (Lipinski definition) is 5. The van der Waals surface area contributed by atoms with Crippen LogP contribution in [0, 0.1) is 0 Å². The summed E-state index contributed by atoms with van der Waals surface area (Å²) in [5.41, 5.74) is 18.7. The first-order valence-electron chi connectivity index (χ1n) is 12.9. The monoisotopic (exact) mass is 545 g/mol. The van der Waals surface area contributed by atoms with E-state index in [9.17, 15) is 14.4 Å². The van der Waals surface area contributed by atoms with Gasteiger partial charge in [0.15, 0.2) is 0 Å². The van der Waals surface area contributed by atoms with Crippen molar-refractivity contribution in [3.05, 3.63) is 84.7 Å². The van der Waals surface area contributed by atoms with Crippen LogP contribution in [0.15, 0.2) is 67.9 Å². The molecule has 2 unspecified atom stereocenters. The summed E-state index contributed by atoms with van der Waals surface area (Å²) in [5, 5.41) is 7.36. The third-order valence-corrected chi connectivity index (χ3v) is 5.99. The highest BCUT2D eigenvalue weighted by atomic mass is 16.2. The number of aldehydes is 1. The average molecular weight is 546 g/mol. The second-order valence-electron chi connectivity index (χ2n) is 9.03. The zero-order valence-corrected chi connectivity index (χ0v) is 22.9. The fraction of sp³-hybridized carbons (Fsp3) is 0.267. The minimum Gasteiger partial charge on any atom is -0.339 e. The summed E-state index contributed by atoms with van der Waals surface area (Å²) in [4.78, 5) is 42.8. The lowest BCUT2D eigenvalue weighted by molar-refractivity contribution is -0.128. The molecule has 0 saturated heterocycles. The summed E-state index contributed by atoms with van der Waals surface area (Å²) in [7, 11) is 2.01. The van der Waals surface area contributed by atoms with Crippen molar-refractivity contribution in [2.24, 2.45) is 17.2 Å². The summed E-state index contributed by atoms with van der Waals surface area (Å²) < 4.78 is 0. The van der Waals surface area contributed by atoms with Crippen molar-refractivity contribution >= 4 is 46.7 Å². The Labute approximate surface area is 235 Å². The predicted octanol–water partition coefficient (Wildman–Crippen LogP) is 2.07. The lowest BCUT2D eigenvalue weighted by atomic mass is 10.0. The summed E-state index contributed by atoms with van der Waals surface area (Å²) in [6, 6.07) is 12.8. The zero-order valence-electron chi connectivity index (χ0n) is 22.9. The van der Waals surface area contributed by atoms with E-state index < -0.39 is 23.9 Å². The van der Waals surface area contributed by atoms with Gasteiger partial charge in [0.05, 0.1) is 23.6 Å². The Balaban J connectivity index is 0.000000611. The molecule has 3 rings (SSSR count). The maximum Gasteiger partial charge on any atom is 0.251 e. The molecule has 0 bridgehead atoms. The molecule has 10 nitrogen and oxygen atoms in total. The minimum atomic E-state index is -1.05. The molecule has 2 atom stereocenters. The van der Waals surface area contributed by atoms with Gasteiger partial charge in [-0.25, -0.2) is 0 Å². The highest BCUT2D eigenvalue weighted by Crippen LogP contribution is 2.23. The number of nitrogens with one attached hydrogen (secondary N) is 2. The highest BCUT2D eigenvalue weighted by molar-refractivity contribution is 5.99. The summed E-state index contributed by atoms with van der Waals surface area (Å²) in [6.45, 7) is 10.8. The van der Waals surface area contributed by atoms with Crippen LogP contribution >= 0.6 is 0 Å². The smallest absolute Gasteiger partial charge is 0.251 e. The number of likely N-dealkylation sites (N-methyl/N-ethyl adjacent to an activating group) is 1. The van der Waals surface area contributed by atoms with E-state index in [1.54, 1.807) is 24.3 Å². The van der Waals surface area contributed by atoms with Crippen molar-refractivity contribution in [2.75, 3.05) is 38.5 Å². The molecule has 10 heteroatoms. The number of hydrogen-bond acceptors (Lipinski definition) is 8. The molecule has 0 radical (unpaired) electrons. The largest absolute Gasteiger partial charge is 0.339 e. The lowest BCUT2D eigenvalue weighted by Crippen LogP contribution is -2.45. The van der Waals surface area contributed by atoms with Gasteiger partial charge in [-0.3, -0.25) is 14.6 Å². The number of amides is 2. The fourth-order valence-corrected chi connectivity index (χ4v) is 3.81. The molecule has 0 aliphatic heterocycles. The van der Waals surface area contributed by atoms with Crippen LogP contribution in [0.5, 0.6) is 0 Å². The van der Waals surface area contributed by atoms with Gasteiger partial charge in [0.25, 0.3) is 5.91 Å². The van der Waals surface area contributed by atoms with Crippen molar-refractivity contribution in [1.29, 1.82) is 0 Å². The van der Waals surface area contributed by atoms with Gasteiger partial charge < -0.3 is 37.5 Å². The maximum absolute atomic E-state index is 13.2. The maximum atomic E-state index is 13.2. The van der Waals surface area contributed by atoms with E-state index in [0.717, 1.165) is 37.0 Å². The number of carbonyl (C=O) groups excluding carboxylic acids is 3. The van der Waals surface area contributed by atoms with E-state index in [1.165, 1.54) is 6.20 Å². The first kappa shape index (κ1) is 32.0. The number of anilines is 1. The van der Waals surface area contributed by atoms with Gasteiger partial charge >= 0.3 is 0 Å². The molecule has 3 aromatic rings. The molecule has 212 valence electrons. The van der Waals surface area contributed by atoms with Crippen LogP contribution in [0.2, 0.25) is 0 Å². The molecule has 0 saturated carbocycles. The zero-order chi connectivity index (χ0) is 29.5. The van der Waals surface area contributed by atoms with Crippen LogP contribution in [0.3, 0.4) is 0 Å². The van der Waals surface area contributed by atoms with Gasteiger partial charge in [0.2, 0.25) is 5.91 Å². The third kappa shape index (κ3) is 9.51. The van der Waals surface area contributed by atoms with Crippen molar-refractivity contribution in [3.8, 4) is 0 Å². The van der Waals surface area contributed by atoms with E-state index in [1.807, 2.05) is 43.4 Å². The van der Waals surface area contributed by atoms with E-state index in [0.29, 0.717) is 28.8 Å². The van der Waals surface area contributed by atoms with Crippen molar-refractivity contribution < 1.29 is 14.4 Å². The highest BCUT2D eigenvalue weighted by Gasteiger charge is 2.26. The fourth-order valence-electron chi connectivity index (χ4n) is 3.81. The molecular formula is C30H39N7O3. The third-order valence-electron chi connectivity index (χ3n) is 5.99. The van der Waals surface area contributed by atoms with Crippen LogP contribution < -0.4 is 27.8 Å². The molecule has 8 N–H and O–H groups in total. The first-order valence-corrected chi connectivity index (χ1v) is 12.9. The first-order chi connectivity index (χ1) is 19.3. The van der Waals surface area contributed by atoms with E-state index in [4.69, 9.17) is 17.2 Å². The van der Waals surface area contributed by atoms with Gasteiger partial charge in [-0.15, -0.1) is 0 Å². The van der Waals surface area contributed by atoms with Crippen LogP contribution in [-0.2, 0) is 14.4 Å². The summed E-state index contributed by atoms with van der Waals surface area (Å²) >= 11 is 0. The molecule has 0 fully saturated rings. The van der Waals surface area contributed by atoms with Crippen molar-refractivity contribution in [1.82, 2.24) is 15.2 Å². The van der Waals surface area contributed by atoms with Crippen LogP contribution in [0.1, 0.15) is 29.3 Å². The Bertz CT molecular complexity index is 1310. The van der Waals surface area contributed by atoms with Gasteiger partial charge in [-0.05, 0) is 41.6 Å². The van der Waals surface area contributed by atoms with Crippen molar-refractivity contribution in [3.63, 3.8) is 0 Å². The number of nitrogens with zero attached hydrogens (tertiary/aromatic N) is 2. The quantitative estimate of drug-likeness (QED) is 0.203. The van der Waals surface area contributed by atoms with Gasteiger partial charge in [0.1, 0.15) is 12.3 Å². The standard InChI is InChI=1S/C25H24N4O3.C5H15N3/c1-3-16-14-20(15-27-22(16)4-2)28-25(32)23(29-24(31)21(26)11-12-30)19-10-9-17-7-5-6-8-18(17)13-19;1-8(4-2-6)5-3-7/h3-10,12-15,21,23H,1-2,11,26H2,(H,28,32)(H,29,31);2-7H2,1H3. The summed E-state index contributed by atoms with van der Waals surface area (Å²) in [5.74, 6) is -1.08. The number of rotatable bonds is 13. The van der Waals surface area contributed by atoms with E-state index in [2.05, 4.69) is 33.7 Å². The van der Waals surface area contributed by atoms with Gasteiger partial charge in [0, 0.05) is 38.2 Å². The Morgan fingerprint density at radius 1 is 1.00 bits per heavy atom. The second-order valence-corrected chi connectivity index (χ2v) is 9.03. The number of carbonyl (C=O) groups is 3. The van der Waals surface area contributed by atoms with E-state index in [-0.39, 0.29) is 6.42 Å².